The van der Waals surface area contributed by atoms with Crippen LogP contribution in [0.3, 0.4) is 0 Å². The van der Waals surface area contributed by atoms with Gasteiger partial charge < -0.3 is 34.1 Å². The van der Waals surface area contributed by atoms with Gasteiger partial charge in [-0.2, -0.15) is 0 Å². The van der Waals surface area contributed by atoms with E-state index in [2.05, 4.69) is 0 Å². The number of rotatable bonds is 6. The first-order valence-electron chi connectivity index (χ1n) is 12.2. The Kier molecular flexibility index (Phi) is 6.93. The second kappa shape index (κ2) is 10.5. The molecular formula is C29H27NO8. The molecule has 1 amide bonds. The Balaban J connectivity index is 1.74. The summed E-state index contributed by atoms with van der Waals surface area (Å²) in [4.78, 5) is 28.3. The zero-order chi connectivity index (χ0) is 26.8. The lowest BCUT2D eigenvalue weighted by molar-refractivity contribution is -0.135. The number of hydrogen-bond donors (Lipinski definition) is 3. The van der Waals surface area contributed by atoms with Crippen LogP contribution in [-0.4, -0.2) is 59.5 Å². The molecule has 1 aliphatic heterocycles. The van der Waals surface area contributed by atoms with Gasteiger partial charge in [0.05, 0.1) is 20.3 Å². The number of phenolic OH excluding ortho intramolecular Hbond substituents is 3. The third-order valence-corrected chi connectivity index (χ3v) is 6.75. The summed E-state index contributed by atoms with van der Waals surface area (Å²) in [6, 6.07) is 16.0. The van der Waals surface area contributed by atoms with Crippen molar-refractivity contribution in [1.82, 2.24) is 4.90 Å². The van der Waals surface area contributed by atoms with Crippen molar-refractivity contribution in [2.75, 3.05) is 33.4 Å². The lowest BCUT2D eigenvalue weighted by Gasteiger charge is -2.29. The third-order valence-electron chi connectivity index (χ3n) is 6.75. The van der Waals surface area contributed by atoms with E-state index >= 15 is 0 Å². The van der Waals surface area contributed by atoms with E-state index in [0.717, 1.165) is 6.07 Å². The average Bonchev–Trinajstić information content (AvgIpc) is 2.93. The second-order valence-electron chi connectivity index (χ2n) is 9.05. The van der Waals surface area contributed by atoms with Gasteiger partial charge in [-0.3, -0.25) is 9.59 Å². The second-order valence-corrected chi connectivity index (χ2v) is 9.05. The number of ether oxygens (including phenoxy) is 2. The summed E-state index contributed by atoms with van der Waals surface area (Å²) in [7, 11) is 1.41. The highest BCUT2D eigenvalue weighted by molar-refractivity contribution is 5.91. The monoisotopic (exact) mass is 517 g/mol. The van der Waals surface area contributed by atoms with Crippen molar-refractivity contribution in [2.45, 2.75) is 12.3 Å². The van der Waals surface area contributed by atoms with E-state index in [9.17, 15) is 24.9 Å². The van der Waals surface area contributed by atoms with Gasteiger partial charge in [0.25, 0.3) is 0 Å². The van der Waals surface area contributed by atoms with Gasteiger partial charge in [-0.1, -0.05) is 36.4 Å². The molecule has 1 aliphatic rings. The number of hydrogen-bond acceptors (Lipinski definition) is 8. The Hall–Kier alpha value is -4.50. The number of phenols is 3. The maximum atomic E-state index is 13.4. The molecule has 0 aliphatic carbocycles. The molecule has 0 saturated carbocycles. The quantitative estimate of drug-likeness (QED) is 0.350. The normalized spacial score (nSPS) is 14.4. The van der Waals surface area contributed by atoms with Crippen molar-refractivity contribution in [3.8, 4) is 34.3 Å². The average molecular weight is 518 g/mol. The number of methoxy groups -OCH3 is 1. The number of morpholine rings is 1. The van der Waals surface area contributed by atoms with Gasteiger partial charge in [-0.15, -0.1) is 0 Å². The molecule has 38 heavy (non-hydrogen) atoms. The van der Waals surface area contributed by atoms with E-state index in [1.165, 1.54) is 19.2 Å². The molecule has 1 atom stereocenters. The van der Waals surface area contributed by atoms with E-state index in [1.807, 2.05) is 6.07 Å². The topological polar surface area (TPSA) is 130 Å². The molecule has 9 heteroatoms. The van der Waals surface area contributed by atoms with Gasteiger partial charge in [0.2, 0.25) is 5.91 Å². The first-order chi connectivity index (χ1) is 18.4. The van der Waals surface area contributed by atoms with Crippen LogP contribution in [0.4, 0.5) is 0 Å². The van der Waals surface area contributed by atoms with Gasteiger partial charge in [-0.05, 0) is 17.7 Å². The standard InChI is InChI=1S/C29H27NO8/c1-36-25-13-18(7-8-20(25)31)19(14-26(35)30-9-11-37-12-10-30)27-21(32)15-22(33)28-23(34)16-24(38-29(27)28)17-5-3-2-4-6-17/h2-8,13,15-16,19,31-33H,9-12,14H2,1H3. The van der Waals surface area contributed by atoms with Gasteiger partial charge in [0.15, 0.2) is 16.9 Å². The molecular weight excluding hydrogens is 490 g/mol. The highest BCUT2D eigenvalue weighted by Gasteiger charge is 2.30. The van der Waals surface area contributed by atoms with Crippen molar-refractivity contribution in [3.63, 3.8) is 0 Å². The Morgan fingerprint density at radius 2 is 1.71 bits per heavy atom. The van der Waals surface area contributed by atoms with Crippen LogP contribution in [0.5, 0.6) is 23.0 Å². The fourth-order valence-corrected chi connectivity index (χ4v) is 4.82. The highest BCUT2D eigenvalue weighted by Crippen LogP contribution is 2.44. The third kappa shape index (κ3) is 4.76. The molecule has 1 fully saturated rings. The molecule has 1 aromatic heterocycles. The predicted octanol–water partition coefficient (Wildman–Crippen LogP) is 3.97. The smallest absolute Gasteiger partial charge is 0.223 e. The Morgan fingerprint density at radius 3 is 2.42 bits per heavy atom. The van der Waals surface area contributed by atoms with Crippen LogP contribution in [0, 0.1) is 0 Å². The van der Waals surface area contributed by atoms with Crippen molar-refractivity contribution in [3.05, 3.63) is 82.0 Å². The number of aromatic hydroxyl groups is 3. The number of nitrogens with zero attached hydrogens (tertiary/aromatic N) is 1. The fraction of sp³-hybridized carbons (Fsp3) is 0.241. The minimum Gasteiger partial charge on any atom is -0.507 e. The molecule has 1 saturated heterocycles. The van der Waals surface area contributed by atoms with Crippen LogP contribution < -0.4 is 10.2 Å². The van der Waals surface area contributed by atoms with E-state index in [4.69, 9.17) is 13.9 Å². The van der Waals surface area contributed by atoms with Gasteiger partial charge in [0, 0.05) is 48.7 Å². The van der Waals surface area contributed by atoms with Crippen molar-refractivity contribution < 1.29 is 34.0 Å². The molecule has 0 radical (unpaired) electrons. The Bertz CT molecular complexity index is 1540. The SMILES string of the molecule is COc1cc(C(CC(=O)N2CCOCC2)c2c(O)cc(O)c3c(=O)cc(-c4ccccc4)oc23)ccc1O. The summed E-state index contributed by atoms with van der Waals surface area (Å²) >= 11 is 0. The van der Waals surface area contributed by atoms with Crippen molar-refractivity contribution in [2.24, 2.45) is 0 Å². The lowest BCUT2D eigenvalue weighted by Crippen LogP contribution is -2.41. The van der Waals surface area contributed by atoms with Gasteiger partial charge >= 0.3 is 0 Å². The molecule has 196 valence electrons. The minimum atomic E-state index is -0.808. The van der Waals surface area contributed by atoms with Crippen LogP contribution in [-0.2, 0) is 9.53 Å². The van der Waals surface area contributed by atoms with Crippen LogP contribution >= 0.6 is 0 Å². The number of fused-ring (bicyclic) bond motifs is 1. The summed E-state index contributed by atoms with van der Waals surface area (Å²) in [5.41, 5.74) is 0.817. The molecule has 4 aromatic rings. The summed E-state index contributed by atoms with van der Waals surface area (Å²) < 4.78 is 16.8. The zero-order valence-corrected chi connectivity index (χ0v) is 20.7. The first kappa shape index (κ1) is 25.2. The van der Waals surface area contributed by atoms with E-state index in [1.54, 1.807) is 41.3 Å². The molecule has 3 N–H and O–H groups in total. The van der Waals surface area contributed by atoms with E-state index in [-0.39, 0.29) is 51.9 Å². The molecule has 5 rings (SSSR count). The summed E-state index contributed by atoms with van der Waals surface area (Å²) in [6.07, 6.45) is -0.0827. The van der Waals surface area contributed by atoms with E-state index in [0.29, 0.717) is 37.4 Å². The maximum Gasteiger partial charge on any atom is 0.223 e. The summed E-state index contributed by atoms with van der Waals surface area (Å²) in [5.74, 6) is -1.43. The highest BCUT2D eigenvalue weighted by atomic mass is 16.5. The molecule has 3 aromatic carbocycles. The summed E-state index contributed by atoms with van der Waals surface area (Å²) in [6.45, 7) is 1.71. The predicted molar refractivity (Wildman–Crippen MR) is 140 cm³/mol. The van der Waals surface area contributed by atoms with E-state index < -0.39 is 17.1 Å². The summed E-state index contributed by atoms with van der Waals surface area (Å²) in [5, 5.41) is 31.8. The molecule has 0 spiro atoms. The van der Waals surface area contributed by atoms with Crippen LogP contribution in [0.2, 0.25) is 0 Å². The Labute approximate surface area is 218 Å². The molecule has 9 nitrogen and oxygen atoms in total. The largest absolute Gasteiger partial charge is 0.507 e. The number of amides is 1. The first-order valence-corrected chi connectivity index (χ1v) is 12.2. The van der Waals surface area contributed by atoms with Crippen molar-refractivity contribution >= 4 is 16.9 Å². The van der Waals surface area contributed by atoms with Crippen LogP contribution in [0.25, 0.3) is 22.3 Å². The molecule has 2 heterocycles. The van der Waals surface area contributed by atoms with Crippen LogP contribution in [0.1, 0.15) is 23.5 Å². The van der Waals surface area contributed by atoms with Gasteiger partial charge in [0.1, 0.15) is 28.2 Å². The maximum absolute atomic E-state index is 13.4. The molecule has 1 unspecified atom stereocenters. The number of carbonyl (C=O) groups is 1. The Morgan fingerprint density at radius 1 is 0.974 bits per heavy atom. The van der Waals surface area contributed by atoms with Gasteiger partial charge in [-0.25, -0.2) is 0 Å². The minimum absolute atomic E-state index is 0.0272. The zero-order valence-electron chi connectivity index (χ0n) is 20.7. The lowest BCUT2D eigenvalue weighted by atomic mass is 9.85. The fourth-order valence-electron chi connectivity index (χ4n) is 4.82. The van der Waals surface area contributed by atoms with Crippen LogP contribution in [0.15, 0.2) is 69.9 Å². The molecule has 0 bridgehead atoms. The van der Waals surface area contributed by atoms with Crippen molar-refractivity contribution in [1.29, 1.82) is 0 Å². The number of carbonyl (C=O) groups excluding carboxylic acids is 1. The number of benzene rings is 3.